The molecule has 0 aliphatic rings. The number of benzene rings is 4. The lowest BCUT2D eigenvalue weighted by atomic mass is 9.93. The van der Waals surface area contributed by atoms with E-state index < -0.39 is 0 Å². The molecule has 37 heavy (non-hydrogen) atoms. The highest BCUT2D eigenvalue weighted by Crippen LogP contribution is 2.34. The maximum atomic E-state index is 8.64. The molecule has 0 aliphatic heterocycles. The standard InChI is InChI=1S/C24H15N9.2H2N2/c25-31-28-22-7-1-16(2-8-22)19-13-20(17-3-9-23(10-4-17)29-32-26)15-21(14-19)18-5-11-24(12-6-18)30-33-27;2*1-2/h1-15H;2*1H2. The van der Waals surface area contributed by atoms with Gasteiger partial charge in [-0.25, -0.2) is 0 Å². The molecule has 13 heteroatoms. The molecule has 4 aromatic rings. The molecule has 0 atom stereocenters. The van der Waals surface area contributed by atoms with Crippen molar-refractivity contribution in [3.8, 4) is 33.4 Å². The molecule has 0 radical (unpaired) electrons. The zero-order valence-electron chi connectivity index (χ0n) is 19.2. The monoisotopic (exact) mass is 489 g/mol. The summed E-state index contributed by atoms with van der Waals surface area (Å²) in [5.41, 5.74) is 53.4. The number of hydrogen-bond acceptors (Lipinski definition) is 3. The molecule has 0 unspecified atom stereocenters. The van der Waals surface area contributed by atoms with Crippen molar-refractivity contribution in [3.63, 3.8) is 0 Å². The molecule has 0 aromatic heterocycles. The second-order valence-electron chi connectivity index (χ2n) is 7.01. The summed E-state index contributed by atoms with van der Waals surface area (Å²) >= 11 is 0. The highest BCUT2D eigenvalue weighted by Gasteiger charge is 2.08. The summed E-state index contributed by atoms with van der Waals surface area (Å²) in [6.45, 7) is 0. The van der Waals surface area contributed by atoms with Crippen molar-refractivity contribution < 1.29 is 11.1 Å². The Kier molecular flexibility index (Phi) is 10.5. The van der Waals surface area contributed by atoms with Gasteiger partial charge in [-0.2, -0.15) is 0 Å². The van der Waals surface area contributed by atoms with E-state index in [0.717, 1.165) is 33.4 Å². The second kappa shape index (κ2) is 14.3. The van der Waals surface area contributed by atoms with Crippen LogP contribution in [0.1, 0.15) is 0 Å². The maximum absolute atomic E-state index is 8.64. The third-order valence-electron chi connectivity index (χ3n) is 5.02. The Labute approximate surface area is 210 Å². The lowest BCUT2D eigenvalue weighted by molar-refractivity contribution is -0.143. The van der Waals surface area contributed by atoms with E-state index in [-0.39, 0.29) is 0 Å². The van der Waals surface area contributed by atoms with E-state index in [1.807, 2.05) is 36.4 Å². The molecule has 0 saturated heterocycles. The highest BCUT2D eigenvalue weighted by atomic mass is 15.1. The Morgan fingerprint density at radius 2 is 0.595 bits per heavy atom. The van der Waals surface area contributed by atoms with Crippen molar-refractivity contribution in [3.05, 3.63) is 133 Å². The minimum absolute atomic E-state index is 0.542. The van der Waals surface area contributed by atoms with Crippen LogP contribution in [0, 0.1) is 0 Å². The van der Waals surface area contributed by atoms with Gasteiger partial charge in [-0.1, -0.05) is 88.1 Å². The summed E-state index contributed by atoms with van der Waals surface area (Å²) in [6, 6.07) is 28.3. The molecule has 0 bridgehead atoms. The third kappa shape index (κ3) is 7.24. The van der Waals surface area contributed by atoms with Gasteiger partial charge in [0, 0.05) is 31.8 Å². The van der Waals surface area contributed by atoms with E-state index in [9.17, 15) is 0 Å². The molecule has 0 saturated carbocycles. The van der Waals surface area contributed by atoms with Crippen LogP contribution in [0.5, 0.6) is 0 Å². The van der Waals surface area contributed by atoms with E-state index in [0.29, 0.717) is 17.1 Å². The quantitative estimate of drug-likeness (QED) is 0.157. The fraction of sp³-hybridized carbons (Fsp3) is 0. The molecular weight excluding hydrogens is 470 g/mol. The van der Waals surface area contributed by atoms with Gasteiger partial charge in [-0.3, -0.25) is 0 Å². The van der Waals surface area contributed by atoms with E-state index >= 15 is 0 Å². The van der Waals surface area contributed by atoms with E-state index in [1.54, 1.807) is 36.4 Å². The van der Waals surface area contributed by atoms with Gasteiger partial charge < -0.3 is 22.1 Å². The molecule has 4 rings (SSSR count). The Hall–Kier alpha value is -5.99. The first-order chi connectivity index (χ1) is 18.2. The highest BCUT2D eigenvalue weighted by molar-refractivity contribution is 5.82. The molecule has 0 aliphatic carbocycles. The number of nitrogens with two attached hydrogens (primary N) is 2. The van der Waals surface area contributed by atoms with Gasteiger partial charge in [-0.05, 0) is 68.2 Å². The van der Waals surface area contributed by atoms with Gasteiger partial charge in [0.2, 0.25) is 0 Å². The summed E-state index contributed by atoms with van der Waals surface area (Å²) in [6.07, 6.45) is 0. The number of hydrogen-bond donors (Lipinski definition) is 2. The SMILES string of the molecule is [N-]=[N+]=Nc1ccc(-c2cc(-c3ccc(N=[N+]=[N-])cc3)cc(-c3ccc(N=[N+]=[N-])cc3)c2)cc1.[N-]=[NH2+].[N-]=[NH2+]. The van der Waals surface area contributed by atoms with Crippen molar-refractivity contribution in [2.75, 3.05) is 0 Å². The first kappa shape index (κ1) is 27.3. The molecule has 4 aromatic carbocycles. The van der Waals surface area contributed by atoms with Crippen molar-refractivity contribution in [2.24, 2.45) is 15.3 Å². The fourth-order valence-electron chi connectivity index (χ4n) is 3.44. The average molecular weight is 490 g/mol. The summed E-state index contributed by atoms with van der Waals surface area (Å²) < 4.78 is 0. The summed E-state index contributed by atoms with van der Waals surface area (Å²) in [5, 5.41) is 10.9. The van der Waals surface area contributed by atoms with Crippen LogP contribution >= 0.6 is 0 Å². The number of rotatable bonds is 6. The van der Waals surface area contributed by atoms with Crippen LogP contribution < -0.4 is 11.1 Å². The van der Waals surface area contributed by atoms with Gasteiger partial charge in [0.05, 0.1) is 0 Å². The van der Waals surface area contributed by atoms with Crippen LogP contribution in [0.2, 0.25) is 0 Å². The zero-order valence-corrected chi connectivity index (χ0v) is 19.2. The van der Waals surface area contributed by atoms with Gasteiger partial charge >= 0.3 is 0 Å². The van der Waals surface area contributed by atoms with Crippen LogP contribution in [0.3, 0.4) is 0 Å². The van der Waals surface area contributed by atoms with Gasteiger partial charge in [0.15, 0.2) is 0 Å². The van der Waals surface area contributed by atoms with Gasteiger partial charge in [0.25, 0.3) is 0 Å². The van der Waals surface area contributed by atoms with Crippen LogP contribution in [-0.4, -0.2) is 0 Å². The first-order valence-electron chi connectivity index (χ1n) is 10.3. The predicted octanol–water partition coefficient (Wildman–Crippen LogP) is 7.05. The van der Waals surface area contributed by atoms with Crippen molar-refractivity contribution in [2.45, 2.75) is 0 Å². The topological polar surface area (TPSA) is 242 Å². The van der Waals surface area contributed by atoms with Crippen LogP contribution in [-0.2, 0) is 0 Å². The van der Waals surface area contributed by atoms with Gasteiger partial charge in [0.1, 0.15) is 0 Å². The number of azide groups is 3. The lowest BCUT2D eigenvalue weighted by Crippen LogP contribution is -2.16. The zero-order chi connectivity index (χ0) is 27.0. The lowest BCUT2D eigenvalue weighted by Gasteiger charge is -2.12. The number of nitrogens with zero attached hydrogens (tertiary/aromatic N) is 11. The van der Waals surface area contributed by atoms with Crippen LogP contribution in [0.25, 0.3) is 75.8 Å². The molecule has 0 heterocycles. The van der Waals surface area contributed by atoms with E-state index in [2.05, 4.69) is 59.3 Å². The van der Waals surface area contributed by atoms with Crippen LogP contribution in [0.15, 0.2) is 106 Å². The molecule has 4 N–H and O–H groups in total. The molecule has 0 amide bonds. The maximum Gasteiger partial charge on any atom is 0.0375 e. The summed E-state index contributed by atoms with van der Waals surface area (Å²) in [5.74, 6) is 0. The third-order valence-corrected chi connectivity index (χ3v) is 5.02. The normalized spacial score (nSPS) is 8.97. The first-order valence-corrected chi connectivity index (χ1v) is 10.3. The molecule has 0 fully saturated rings. The molecular formula is C24H19N13. The van der Waals surface area contributed by atoms with Crippen LogP contribution in [0.4, 0.5) is 17.1 Å². The van der Waals surface area contributed by atoms with Crippen molar-refractivity contribution >= 4 is 17.1 Å². The summed E-state index contributed by atoms with van der Waals surface area (Å²) in [7, 11) is 0. The van der Waals surface area contributed by atoms with E-state index in [4.69, 9.17) is 27.7 Å². The van der Waals surface area contributed by atoms with Crippen molar-refractivity contribution in [1.29, 1.82) is 0 Å². The Bertz CT molecular complexity index is 1280. The Morgan fingerprint density at radius 3 is 0.784 bits per heavy atom. The molecule has 180 valence electrons. The predicted molar refractivity (Wildman–Crippen MR) is 140 cm³/mol. The Morgan fingerprint density at radius 1 is 0.378 bits per heavy atom. The molecule has 13 nitrogen and oxygen atoms in total. The molecule has 0 spiro atoms. The minimum Gasteiger partial charge on any atom is -0.510 e. The van der Waals surface area contributed by atoms with Gasteiger partial charge in [-0.15, -0.1) is 0 Å². The smallest absolute Gasteiger partial charge is 0.0375 e. The average Bonchev–Trinajstić information content (AvgIpc) is 2.97. The van der Waals surface area contributed by atoms with Crippen molar-refractivity contribution in [1.82, 2.24) is 0 Å². The largest absolute Gasteiger partial charge is 0.510 e. The fourth-order valence-corrected chi connectivity index (χ4v) is 3.44. The van der Waals surface area contributed by atoms with E-state index in [1.165, 1.54) is 0 Å². The second-order valence-corrected chi connectivity index (χ2v) is 7.01. The Balaban J connectivity index is 0.00000115. The summed E-state index contributed by atoms with van der Waals surface area (Å²) in [4.78, 5) is 8.46. The minimum atomic E-state index is 0.542.